The van der Waals surface area contributed by atoms with Gasteiger partial charge < -0.3 is 10.6 Å². The highest BCUT2D eigenvalue weighted by molar-refractivity contribution is 7.99. The van der Waals surface area contributed by atoms with Gasteiger partial charge in [-0.05, 0) is 0 Å². The maximum atomic E-state index is 11.4. The lowest BCUT2D eigenvalue weighted by molar-refractivity contribution is 0.102. The first kappa shape index (κ1) is 12.3. The first-order chi connectivity index (χ1) is 8.15. The first-order valence-electron chi connectivity index (χ1n) is 5.31. The van der Waals surface area contributed by atoms with Crippen LogP contribution >= 0.6 is 23.1 Å². The van der Waals surface area contributed by atoms with E-state index in [1.54, 1.807) is 0 Å². The lowest BCUT2D eigenvalue weighted by Crippen LogP contribution is -2.32. The first-order valence-corrected chi connectivity index (χ1v) is 7.28. The largest absolute Gasteiger partial charge is 0.396 e. The number of hydrogen-bond donors (Lipinski definition) is 1. The summed E-state index contributed by atoms with van der Waals surface area (Å²) in [6, 6.07) is 2.12. The normalized spacial score (nSPS) is 15.6. The van der Waals surface area contributed by atoms with Gasteiger partial charge in [0.1, 0.15) is 16.6 Å². The second-order valence-corrected chi connectivity index (χ2v) is 6.02. The zero-order valence-corrected chi connectivity index (χ0v) is 11.2. The molecule has 6 heteroatoms. The molecule has 0 aliphatic carbocycles. The lowest BCUT2D eigenvalue weighted by Gasteiger charge is -2.27. The minimum Gasteiger partial charge on any atom is -0.396 e. The molecule has 0 bridgehead atoms. The lowest BCUT2D eigenvalue weighted by atomic mass is 10.2. The zero-order valence-electron chi connectivity index (χ0n) is 9.52. The van der Waals surface area contributed by atoms with Gasteiger partial charge in [-0.25, -0.2) is 0 Å². The average molecular weight is 267 g/mol. The summed E-state index contributed by atoms with van der Waals surface area (Å²) in [7, 11) is 0. The predicted molar refractivity (Wildman–Crippen MR) is 73.0 cm³/mol. The van der Waals surface area contributed by atoms with Gasteiger partial charge in [0.15, 0.2) is 5.78 Å². The van der Waals surface area contributed by atoms with E-state index in [1.807, 2.05) is 11.8 Å². The quantitative estimate of drug-likeness (QED) is 0.829. The molecule has 0 atom stereocenters. The fraction of sp³-hybridized carbons (Fsp3) is 0.455. The Balaban J connectivity index is 2.42. The van der Waals surface area contributed by atoms with Gasteiger partial charge in [-0.15, -0.1) is 11.3 Å². The van der Waals surface area contributed by atoms with Crippen molar-refractivity contribution in [2.24, 2.45) is 0 Å². The molecule has 17 heavy (non-hydrogen) atoms. The minimum atomic E-state index is -0.0679. The molecule has 2 rings (SSSR count). The van der Waals surface area contributed by atoms with Crippen LogP contribution in [0.2, 0.25) is 0 Å². The van der Waals surface area contributed by atoms with Gasteiger partial charge >= 0.3 is 0 Å². The van der Waals surface area contributed by atoms with Crippen LogP contribution in [0.5, 0.6) is 0 Å². The Morgan fingerprint density at radius 2 is 2.12 bits per heavy atom. The van der Waals surface area contributed by atoms with Crippen molar-refractivity contribution in [3.63, 3.8) is 0 Å². The maximum Gasteiger partial charge on any atom is 0.171 e. The third kappa shape index (κ3) is 2.26. The van der Waals surface area contributed by atoms with Gasteiger partial charge in [0.25, 0.3) is 0 Å². The third-order valence-electron chi connectivity index (χ3n) is 2.66. The van der Waals surface area contributed by atoms with Crippen LogP contribution in [-0.2, 0) is 0 Å². The molecule has 2 heterocycles. The van der Waals surface area contributed by atoms with Crippen LogP contribution in [0.25, 0.3) is 0 Å². The maximum absolute atomic E-state index is 11.4. The SMILES string of the molecule is CC(=O)c1sc(N2CCSCC2)c(C#N)c1N. The summed E-state index contributed by atoms with van der Waals surface area (Å²) in [5.41, 5.74) is 6.67. The van der Waals surface area contributed by atoms with Crippen LogP contribution in [0.1, 0.15) is 22.2 Å². The number of ketones is 1. The molecule has 1 aromatic rings. The molecule has 0 saturated carbocycles. The van der Waals surface area contributed by atoms with Gasteiger partial charge in [0.05, 0.1) is 10.6 Å². The Hall–Kier alpha value is -1.19. The predicted octanol–water partition coefficient (Wildman–Crippen LogP) is 1.96. The fourth-order valence-corrected chi connectivity index (χ4v) is 3.81. The number of Topliss-reactive ketones (excluding diaryl/α,β-unsaturated/α-hetero) is 1. The molecule has 0 amide bonds. The van der Waals surface area contributed by atoms with Crippen LogP contribution in [-0.4, -0.2) is 30.4 Å². The number of carbonyl (C=O) groups excluding carboxylic acids is 1. The highest BCUT2D eigenvalue weighted by atomic mass is 32.2. The second kappa shape index (κ2) is 4.98. The molecule has 1 saturated heterocycles. The number of nitrogen functional groups attached to an aromatic ring is 1. The Labute approximate surface area is 108 Å². The van der Waals surface area contributed by atoms with E-state index in [-0.39, 0.29) is 5.78 Å². The van der Waals surface area contributed by atoms with Crippen LogP contribution in [0.15, 0.2) is 0 Å². The zero-order chi connectivity index (χ0) is 12.4. The summed E-state index contributed by atoms with van der Waals surface area (Å²) in [5.74, 6) is 2.04. The van der Waals surface area contributed by atoms with E-state index in [2.05, 4.69) is 11.0 Å². The summed E-state index contributed by atoms with van der Waals surface area (Å²) in [6.45, 7) is 3.31. The molecular weight excluding hydrogens is 254 g/mol. The summed E-state index contributed by atoms with van der Waals surface area (Å²) in [6.07, 6.45) is 0. The van der Waals surface area contributed by atoms with Crippen molar-refractivity contribution >= 4 is 39.6 Å². The Kier molecular flexibility index (Phi) is 3.60. The van der Waals surface area contributed by atoms with Crippen molar-refractivity contribution < 1.29 is 4.79 Å². The number of nitriles is 1. The Morgan fingerprint density at radius 1 is 1.47 bits per heavy atom. The van der Waals surface area contributed by atoms with Crippen LogP contribution in [0, 0.1) is 11.3 Å². The molecule has 1 fully saturated rings. The molecule has 0 aromatic carbocycles. The molecule has 0 unspecified atom stereocenters. The third-order valence-corrected chi connectivity index (χ3v) is 4.97. The monoisotopic (exact) mass is 267 g/mol. The van der Waals surface area contributed by atoms with Crippen molar-refractivity contribution in [1.29, 1.82) is 5.26 Å². The molecular formula is C11H13N3OS2. The summed E-state index contributed by atoms with van der Waals surface area (Å²) < 4.78 is 0. The van der Waals surface area contributed by atoms with Crippen molar-refractivity contribution in [2.45, 2.75) is 6.92 Å². The molecule has 1 aliphatic heterocycles. The van der Waals surface area contributed by atoms with E-state index in [0.29, 0.717) is 16.1 Å². The van der Waals surface area contributed by atoms with Crippen molar-refractivity contribution in [2.75, 3.05) is 35.2 Å². The Morgan fingerprint density at radius 3 is 2.65 bits per heavy atom. The molecule has 90 valence electrons. The molecule has 4 nitrogen and oxygen atoms in total. The van der Waals surface area contributed by atoms with Crippen LogP contribution in [0.3, 0.4) is 0 Å². The number of thioether (sulfide) groups is 1. The van der Waals surface area contributed by atoms with Gasteiger partial charge in [-0.1, -0.05) is 0 Å². The van der Waals surface area contributed by atoms with Crippen molar-refractivity contribution in [3.8, 4) is 6.07 Å². The van der Waals surface area contributed by atoms with E-state index in [9.17, 15) is 4.79 Å². The van der Waals surface area contributed by atoms with Gasteiger partial charge in [0, 0.05) is 31.5 Å². The van der Waals surface area contributed by atoms with E-state index < -0.39 is 0 Å². The minimum absolute atomic E-state index is 0.0679. The highest BCUT2D eigenvalue weighted by Crippen LogP contribution is 2.38. The molecule has 0 radical (unpaired) electrons. The van der Waals surface area contributed by atoms with Gasteiger partial charge in [-0.2, -0.15) is 17.0 Å². The second-order valence-electron chi connectivity index (χ2n) is 3.79. The number of nitrogens with two attached hydrogens (primary N) is 1. The number of hydrogen-bond acceptors (Lipinski definition) is 6. The number of carbonyl (C=O) groups is 1. The number of anilines is 2. The summed E-state index contributed by atoms with van der Waals surface area (Å²) in [4.78, 5) is 14.1. The van der Waals surface area contributed by atoms with Crippen LogP contribution in [0.4, 0.5) is 10.7 Å². The topological polar surface area (TPSA) is 70.1 Å². The highest BCUT2D eigenvalue weighted by Gasteiger charge is 2.23. The molecule has 1 aliphatic rings. The fourth-order valence-electron chi connectivity index (χ4n) is 1.79. The van der Waals surface area contributed by atoms with E-state index in [4.69, 9.17) is 11.0 Å². The number of nitrogens with zero attached hydrogens (tertiary/aromatic N) is 2. The van der Waals surface area contributed by atoms with E-state index in [0.717, 1.165) is 29.6 Å². The number of rotatable bonds is 2. The van der Waals surface area contributed by atoms with Crippen molar-refractivity contribution in [3.05, 3.63) is 10.4 Å². The standard InChI is InChI=1S/C11H13N3OS2/c1-7(15)10-9(13)8(6-12)11(17-10)14-2-4-16-5-3-14/h2-5,13H2,1H3. The molecule has 2 N–H and O–H groups in total. The summed E-state index contributed by atoms with van der Waals surface area (Å²) in [5, 5.41) is 10.0. The number of thiophene rings is 1. The van der Waals surface area contributed by atoms with E-state index >= 15 is 0 Å². The Bertz CT molecular complexity index is 484. The van der Waals surface area contributed by atoms with Gasteiger partial charge in [0.2, 0.25) is 0 Å². The van der Waals surface area contributed by atoms with Crippen molar-refractivity contribution in [1.82, 2.24) is 0 Å². The summed E-state index contributed by atoms with van der Waals surface area (Å²) >= 11 is 3.25. The molecule has 1 aromatic heterocycles. The smallest absolute Gasteiger partial charge is 0.171 e. The van der Waals surface area contributed by atoms with Crippen LogP contribution < -0.4 is 10.6 Å². The molecule has 0 spiro atoms. The van der Waals surface area contributed by atoms with E-state index in [1.165, 1.54) is 18.3 Å². The van der Waals surface area contributed by atoms with Gasteiger partial charge in [-0.3, -0.25) is 4.79 Å². The average Bonchev–Trinajstić information content (AvgIpc) is 2.67.